The van der Waals surface area contributed by atoms with Gasteiger partial charge in [0.1, 0.15) is 18.1 Å². The van der Waals surface area contributed by atoms with Gasteiger partial charge in [-0.15, -0.1) is 0 Å². The molecule has 3 heterocycles. The smallest absolute Gasteiger partial charge is 0.246 e. The molecule has 3 saturated heterocycles. The van der Waals surface area contributed by atoms with Gasteiger partial charge in [0, 0.05) is 36.4 Å². The van der Waals surface area contributed by atoms with E-state index in [1.807, 2.05) is 37.1 Å². The molecular formula is C31H48N6O4. The lowest BCUT2D eigenvalue weighted by Crippen LogP contribution is -2.56. The van der Waals surface area contributed by atoms with Crippen LogP contribution in [0.2, 0.25) is 0 Å². The maximum atomic E-state index is 13.6. The number of hydrogen-bond acceptors (Lipinski definition) is 6. The first-order chi connectivity index (χ1) is 19.7. The van der Waals surface area contributed by atoms with Crippen LogP contribution in [0.4, 0.5) is 5.69 Å². The van der Waals surface area contributed by atoms with Crippen molar-refractivity contribution in [2.75, 3.05) is 12.4 Å². The van der Waals surface area contributed by atoms with Crippen molar-refractivity contribution in [3.8, 4) is 0 Å². The van der Waals surface area contributed by atoms with Gasteiger partial charge in [0.25, 0.3) is 0 Å². The van der Waals surface area contributed by atoms with Gasteiger partial charge in [-0.25, -0.2) is 0 Å². The summed E-state index contributed by atoms with van der Waals surface area (Å²) in [6, 6.07) is 5.96. The van der Waals surface area contributed by atoms with Gasteiger partial charge in [0.2, 0.25) is 23.6 Å². The van der Waals surface area contributed by atoms with Crippen LogP contribution in [-0.4, -0.2) is 65.8 Å². The van der Waals surface area contributed by atoms with E-state index in [2.05, 4.69) is 47.0 Å². The number of carbonyl (C=O) groups excluding carboxylic acids is 4. The number of anilines is 1. The molecule has 41 heavy (non-hydrogen) atoms. The van der Waals surface area contributed by atoms with E-state index in [9.17, 15) is 19.2 Å². The predicted octanol–water partition coefficient (Wildman–Crippen LogP) is 2.95. The molecule has 0 saturated carbocycles. The maximum absolute atomic E-state index is 13.6. The number of amides is 4. The fraction of sp³-hybridized carbons (Fsp3) is 0.613. The molecule has 10 nitrogen and oxygen atoms in total. The van der Waals surface area contributed by atoms with Crippen LogP contribution in [0.25, 0.3) is 0 Å². The van der Waals surface area contributed by atoms with Crippen LogP contribution in [0.15, 0.2) is 36.5 Å². The van der Waals surface area contributed by atoms with Crippen LogP contribution >= 0.6 is 0 Å². The van der Waals surface area contributed by atoms with Gasteiger partial charge in [0.05, 0.1) is 0 Å². The van der Waals surface area contributed by atoms with Crippen LogP contribution < -0.4 is 26.6 Å². The average Bonchev–Trinajstić information content (AvgIpc) is 3.58. The summed E-state index contributed by atoms with van der Waals surface area (Å²) in [5.41, 5.74) is 2.20. The lowest BCUT2D eigenvalue weighted by Gasteiger charge is -2.36. The second-order valence-corrected chi connectivity index (χ2v) is 11.3. The Hall–Kier alpha value is -3.40. The molecule has 1 aromatic carbocycles. The quantitative estimate of drug-likeness (QED) is 0.311. The molecule has 0 radical (unpaired) electrons. The molecule has 0 aromatic heterocycles. The Kier molecular flexibility index (Phi) is 12.2. The Balaban J connectivity index is 0.00000147. The Morgan fingerprint density at radius 2 is 1.80 bits per heavy atom. The molecule has 3 aliphatic rings. The maximum Gasteiger partial charge on any atom is 0.246 e. The summed E-state index contributed by atoms with van der Waals surface area (Å²) in [7, 11) is 1.85. The number of carbonyl (C=O) groups is 4. The molecule has 5 atom stereocenters. The first-order valence-corrected chi connectivity index (χ1v) is 15.1. The third-order valence-electron chi connectivity index (χ3n) is 7.93. The van der Waals surface area contributed by atoms with Crippen LogP contribution in [-0.2, 0) is 25.7 Å². The Bertz CT molecular complexity index is 1090. The minimum atomic E-state index is -0.520. The van der Waals surface area contributed by atoms with E-state index in [-0.39, 0.29) is 48.3 Å². The molecule has 5 unspecified atom stereocenters. The molecule has 5 N–H and O–H groups in total. The highest BCUT2D eigenvalue weighted by Crippen LogP contribution is 2.31. The van der Waals surface area contributed by atoms with E-state index in [1.54, 1.807) is 6.07 Å². The van der Waals surface area contributed by atoms with E-state index in [0.717, 1.165) is 43.4 Å². The fourth-order valence-electron chi connectivity index (χ4n) is 5.55. The van der Waals surface area contributed by atoms with Crippen LogP contribution in [0, 0.1) is 0 Å². The number of likely N-dealkylation sites (N-methyl/N-ethyl adjacent to an activating group) is 1. The monoisotopic (exact) mass is 568 g/mol. The van der Waals surface area contributed by atoms with Crippen molar-refractivity contribution in [3.05, 3.63) is 42.1 Å². The summed E-state index contributed by atoms with van der Waals surface area (Å²) in [5, 5.41) is 15.0. The van der Waals surface area contributed by atoms with Crippen molar-refractivity contribution in [1.29, 1.82) is 0 Å². The zero-order chi connectivity index (χ0) is 29.9. The van der Waals surface area contributed by atoms with Crippen molar-refractivity contribution in [3.63, 3.8) is 0 Å². The van der Waals surface area contributed by atoms with Gasteiger partial charge in [-0.1, -0.05) is 51.8 Å². The highest BCUT2D eigenvalue weighted by atomic mass is 16.2. The highest BCUT2D eigenvalue weighted by Gasteiger charge is 2.43. The van der Waals surface area contributed by atoms with Crippen LogP contribution in [0.3, 0.4) is 0 Å². The number of fused-ring (bicyclic) bond motifs is 1. The number of nitrogens with zero attached hydrogens (tertiary/aromatic N) is 1. The van der Waals surface area contributed by atoms with E-state index in [0.29, 0.717) is 24.9 Å². The largest absolute Gasteiger partial charge is 0.376 e. The average molecular weight is 569 g/mol. The molecule has 4 rings (SSSR count). The van der Waals surface area contributed by atoms with Gasteiger partial charge in [-0.2, -0.15) is 0 Å². The summed E-state index contributed by atoms with van der Waals surface area (Å²) < 4.78 is 0. The normalized spacial score (nSPS) is 24.5. The Labute approximate surface area is 244 Å². The first kappa shape index (κ1) is 32.1. The van der Waals surface area contributed by atoms with Crippen molar-refractivity contribution >= 4 is 29.3 Å². The zero-order valence-electron chi connectivity index (χ0n) is 25.1. The Morgan fingerprint density at radius 1 is 1.07 bits per heavy atom. The molecule has 1 aromatic rings. The van der Waals surface area contributed by atoms with Gasteiger partial charge in [0.15, 0.2) is 0 Å². The third kappa shape index (κ3) is 8.79. The molecule has 10 heteroatoms. The highest BCUT2D eigenvalue weighted by molar-refractivity contribution is 5.99. The Morgan fingerprint density at radius 3 is 2.49 bits per heavy atom. The second-order valence-electron chi connectivity index (χ2n) is 11.3. The minimum Gasteiger partial charge on any atom is -0.376 e. The molecule has 3 fully saturated rings. The summed E-state index contributed by atoms with van der Waals surface area (Å²) in [5.74, 6) is -0.556. The zero-order valence-corrected chi connectivity index (χ0v) is 25.1. The number of rotatable bonds is 9. The molecule has 226 valence electrons. The SMILES string of the molecule is C=C(NC1CCCCC2CCC(C(=O)NCc3cccc(NC(=O)C4CCC(=O)N4)c3)N2C1=O)C(C)NC.CCC. The van der Waals surface area contributed by atoms with Crippen molar-refractivity contribution < 1.29 is 19.2 Å². The van der Waals surface area contributed by atoms with Gasteiger partial charge < -0.3 is 31.5 Å². The summed E-state index contributed by atoms with van der Waals surface area (Å²) in [4.78, 5) is 52.6. The molecule has 3 aliphatic heterocycles. The predicted molar refractivity (Wildman–Crippen MR) is 161 cm³/mol. The van der Waals surface area contributed by atoms with E-state index < -0.39 is 12.1 Å². The molecule has 0 spiro atoms. The van der Waals surface area contributed by atoms with Crippen LogP contribution in [0.1, 0.15) is 84.1 Å². The van der Waals surface area contributed by atoms with Gasteiger partial charge >= 0.3 is 0 Å². The lowest BCUT2D eigenvalue weighted by molar-refractivity contribution is -0.142. The number of benzene rings is 1. The number of nitrogens with one attached hydrogen (secondary N) is 5. The summed E-state index contributed by atoms with van der Waals surface area (Å²) in [6.45, 7) is 10.6. The van der Waals surface area contributed by atoms with Crippen molar-refractivity contribution in [2.45, 2.75) is 115 Å². The third-order valence-corrected chi connectivity index (χ3v) is 7.93. The van der Waals surface area contributed by atoms with Crippen molar-refractivity contribution in [1.82, 2.24) is 26.2 Å². The molecule has 0 aliphatic carbocycles. The number of hydrogen-bond donors (Lipinski definition) is 5. The van der Waals surface area contributed by atoms with Crippen molar-refractivity contribution in [2.24, 2.45) is 0 Å². The molecule has 0 bridgehead atoms. The van der Waals surface area contributed by atoms with E-state index in [1.165, 1.54) is 6.42 Å². The van der Waals surface area contributed by atoms with E-state index in [4.69, 9.17) is 0 Å². The van der Waals surface area contributed by atoms with Gasteiger partial charge in [-0.3, -0.25) is 19.2 Å². The van der Waals surface area contributed by atoms with Gasteiger partial charge in [-0.05, 0) is 63.8 Å². The molecule has 4 amide bonds. The second kappa shape index (κ2) is 15.6. The minimum absolute atomic E-state index is 0.0270. The molecular weight excluding hydrogens is 520 g/mol. The standard InChI is InChI=1S/C28H40N6O4.C3H8/c1-17(29-3)18(2)31-23-10-5-4-9-21-11-13-24(34(21)28(23)38)27(37)30-16-19-7-6-8-20(15-19)32-26(36)22-12-14-25(35)33-22;1-3-2/h6-8,15,17,21-24,29,31H,2,4-5,9-14,16H2,1,3H3,(H,30,37)(H,32,36)(H,33,35);3H2,1-2H3. The lowest BCUT2D eigenvalue weighted by atomic mass is 9.98. The topological polar surface area (TPSA) is 132 Å². The summed E-state index contributed by atoms with van der Waals surface area (Å²) >= 11 is 0. The fourth-order valence-corrected chi connectivity index (χ4v) is 5.55. The van der Waals surface area contributed by atoms with E-state index >= 15 is 0 Å². The first-order valence-electron chi connectivity index (χ1n) is 15.1. The summed E-state index contributed by atoms with van der Waals surface area (Å²) in [6.07, 6.45) is 7.18. The van der Waals surface area contributed by atoms with Crippen LogP contribution in [0.5, 0.6) is 0 Å².